The summed E-state index contributed by atoms with van der Waals surface area (Å²) in [4.78, 5) is 44.1. The number of hydrogen-bond acceptors (Lipinski definition) is 7. The van der Waals surface area contributed by atoms with Crippen molar-refractivity contribution in [3.05, 3.63) is 106 Å². The van der Waals surface area contributed by atoms with Crippen LogP contribution in [0.5, 0.6) is 5.75 Å². The number of benzene rings is 3. The molecule has 4 aromatic rings. The molecule has 0 saturated carbocycles. The van der Waals surface area contributed by atoms with Crippen LogP contribution < -0.4 is 4.74 Å². The Balaban J connectivity index is 1.11. The first-order valence-electron chi connectivity index (χ1n) is 14.5. The second kappa shape index (κ2) is 14.1. The van der Waals surface area contributed by atoms with Crippen molar-refractivity contribution in [1.82, 2.24) is 9.88 Å². The molecule has 1 saturated heterocycles. The molecule has 0 aliphatic carbocycles. The Morgan fingerprint density at radius 2 is 1.64 bits per heavy atom. The van der Waals surface area contributed by atoms with Gasteiger partial charge in [0.15, 0.2) is 5.78 Å². The lowest BCUT2D eigenvalue weighted by atomic mass is 9.94. The van der Waals surface area contributed by atoms with Gasteiger partial charge >= 0.3 is 12.1 Å². The van der Waals surface area contributed by atoms with Crippen molar-refractivity contribution in [2.24, 2.45) is 0 Å². The number of likely N-dealkylation sites (tertiary alicyclic amines) is 1. The fourth-order valence-electron chi connectivity index (χ4n) is 5.22. The minimum Gasteiger partial charge on any atom is -0.494 e. The van der Waals surface area contributed by atoms with Crippen LogP contribution in [0.3, 0.4) is 0 Å². The molecule has 1 aromatic heterocycles. The molecule has 1 aliphatic heterocycles. The average molecular weight is 637 g/mol. The van der Waals surface area contributed by atoms with Gasteiger partial charge in [-0.25, -0.2) is 9.78 Å². The van der Waals surface area contributed by atoms with Crippen LogP contribution >= 0.6 is 11.3 Å². The van der Waals surface area contributed by atoms with Gasteiger partial charge in [-0.05, 0) is 72.9 Å². The second-order valence-corrected chi connectivity index (χ2v) is 11.5. The summed E-state index contributed by atoms with van der Waals surface area (Å²) in [7, 11) is 1.32. The summed E-state index contributed by atoms with van der Waals surface area (Å²) in [5.74, 6) is 0.0747. The number of aromatic nitrogens is 1. The number of methoxy groups -OCH3 is 1. The first-order chi connectivity index (χ1) is 21.6. The topological polar surface area (TPSA) is 85.8 Å². The number of hydrogen-bond donors (Lipinski definition) is 0. The highest BCUT2D eigenvalue weighted by molar-refractivity contribution is 7.09. The Labute approximate surface area is 262 Å². The molecule has 1 fully saturated rings. The summed E-state index contributed by atoms with van der Waals surface area (Å²) < 4.78 is 49.4. The number of ether oxygens (including phenoxy) is 2. The molecule has 5 rings (SSSR count). The molecule has 3 aromatic carbocycles. The van der Waals surface area contributed by atoms with Crippen LogP contribution in [0, 0.1) is 0 Å². The zero-order chi connectivity index (χ0) is 32.0. The zero-order valence-corrected chi connectivity index (χ0v) is 25.3. The molecule has 0 atom stereocenters. The van der Waals surface area contributed by atoms with Gasteiger partial charge < -0.3 is 14.4 Å². The van der Waals surface area contributed by atoms with E-state index in [0.717, 1.165) is 17.1 Å². The van der Waals surface area contributed by atoms with E-state index >= 15 is 0 Å². The highest BCUT2D eigenvalue weighted by Gasteiger charge is 2.31. The van der Waals surface area contributed by atoms with Crippen molar-refractivity contribution in [3.63, 3.8) is 0 Å². The van der Waals surface area contributed by atoms with E-state index in [0.29, 0.717) is 72.7 Å². The SMILES string of the molecule is COC(=O)c1ccc(OCCCC(=O)c2csc(C3CCN(C(=O)c4ccccc4-c4ccc(C(F)(F)F)cc4)CC3)n2)cc1. The Morgan fingerprint density at radius 1 is 0.956 bits per heavy atom. The minimum absolute atomic E-state index is 0.0605. The van der Waals surface area contributed by atoms with Gasteiger partial charge in [-0.2, -0.15) is 13.2 Å². The van der Waals surface area contributed by atoms with Crippen LogP contribution in [0.15, 0.2) is 78.2 Å². The summed E-state index contributed by atoms with van der Waals surface area (Å²) >= 11 is 1.45. The van der Waals surface area contributed by atoms with Crippen LogP contribution in [-0.2, 0) is 10.9 Å². The molecule has 0 radical (unpaired) electrons. The van der Waals surface area contributed by atoms with Crippen LogP contribution in [0.2, 0.25) is 0 Å². The smallest absolute Gasteiger partial charge is 0.416 e. The monoisotopic (exact) mass is 636 g/mol. The predicted molar refractivity (Wildman–Crippen MR) is 164 cm³/mol. The van der Waals surface area contributed by atoms with E-state index < -0.39 is 17.7 Å². The first-order valence-corrected chi connectivity index (χ1v) is 15.4. The zero-order valence-electron chi connectivity index (χ0n) is 24.5. The molecule has 7 nitrogen and oxygen atoms in total. The summed E-state index contributed by atoms with van der Waals surface area (Å²) in [6.45, 7) is 1.35. The number of piperidine rings is 1. The van der Waals surface area contributed by atoms with Gasteiger partial charge in [-0.3, -0.25) is 9.59 Å². The maximum Gasteiger partial charge on any atom is 0.416 e. The summed E-state index contributed by atoms with van der Waals surface area (Å²) in [5.41, 5.74) is 1.70. The molecule has 11 heteroatoms. The number of alkyl halides is 3. The lowest BCUT2D eigenvalue weighted by Crippen LogP contribution is -2.38. The summed E-state index contributed by atoms with van der Waals surface area (Å²) in [6, 6.07) is 18.4. The highest BCUT2D eigenvalue weighted by Crippen LogP contribution is 2.34. The van der Waals surface area contributed by atoms with Gasteiger partial charge in [-0.15, -0.1) is 11.3 Å². The van der Waals surface area contributed by atoms with Crippen molar-refractivity contribution in [2.45, 2.75) is 37.8 Å². The molecule has 45 heavy (non-hydrogen) atoms. The number of Topliss-reactive ketones (excluding diaryl/α,β-unsaturated/α-hetero) is 1. The second-order valence-electron chi connectivity index (χ2n) is 10.6. The lowest BCUT2D eigenvalue weighted by Gasteiger charge is -2.31. The fourth-order valence-corrected chi connectivity index (χ4v) is 6.21. The van der Waals surface area contributed by atoms with Crippen LogP contribution in [0.25, 0.3) is 11.1 Å². The maximum atomic E-state index is 13.5. The van der Waals surface area contributed by atoms with E-state index in [1.165, 1.54) is 30.6 Å². The molecule has 2 heterocycles. The molecule has 1 aliphatic rings. The van der Waals surface area contributed by atoms with Crippen molar-refractivity contribution in [2.75, 3.05) is 26.8 Å². The van der Waals surface area contributed by atoms with E-state index in [1.807, 2.05) is 0 Å². The number of carbonyl (C=O) groups excluding carboxylic acids is 3. The highest BCUT2D eigenvalue weighted by atomic mass is 32.1. The standard InChI is InChI=1S/C34H31F3N2O5S/c1-43-33(42)24-10-14-26(15-11-24)44-20-4-7-30(40)29-21-45-31(38-29)23-16-18-39(19-17-23)32(41)28-6-3-2-5-27(28)22-8-12-25(13-9-22)34(35,36)37/h2-3,5-6,8-15,21,23H,4,7,16-20H2,1H3. The Kier molecular flexibility index (Phi) is 9.97. The lowest BCUT2D eigenvalue weighted by molar-refractivity contribution is -0.137. The fraction of sp³-hybridized carbons (Fsp3) is 0.294. The number of carbonyl (C=O) groups is 3. The number of thiazole rings is 1. The Hall–Kier alpha value is -4.51. The third kappa shape index (κ3) is 7.78. The first kappa shape index (κ1) is 31.9. The molecular weight excluding hydrogens is 605 g/mol. The third-order valence-corrected chi connectivity index (χ3v) is 8.72. The maximum absolute atomic E-state index is 13.5. The van der Waals surface area contributed by atoms with Gasteiger partial charge in [0.05, 0.1) is 29.9 Å². The molecule has 0 spiro atoms. The molecule has 0 unspecified atom stereocenters. The van der Waals surface area contributed by atoms with Gasteiger partial charge in [0.25, 0.3) is 5.91 Å². The van der Waals surface area contributed by atoms with Crippen LogP contribution in [-0.4, -0.2) is 54.3 Å². The minimum atomic E-state index is -4.43. The number of ketones is 1. The third-order valence-electron chi connectivity index (χ3n) is 7.71. The Bertz CT molecular complexity index is 1640. The van der Waals surface area contributed by atoms with E-state index in [1.54, 1.807) is 58.8 Å². The van der Waals surface area contributed by atoms with Crippen LogP contribution in [0.4, 0.5) is 13.2 Å². The molecule has 0 bridgehead atoms. The molecular formula is C34H31F3N2O5S. The van der Waals surface area contributed by atoms with E-state index in [2.05, 4.69) is 9.72 Å². The van der Waals surface area contributed by atoms with Crippen molar-refractivity contribution < 1.29 is 37.0 Å². The van der Waals surface area contributed by atoms with Gasteiger partial charge in [0, 0.05) is 36.4 Å². The molecule has 234 valence electrons. The Morgan fingerprint density at radius 3 is 2.31 bits per heavy atom. The molecule has 1 amide bonds. The largest absolute Gasteiger partial charge is 0.494 e. The summed E-state index contributed by atoms with van der Waals surface area (Å²) in [6.07, 6.45) is -2.24. The van der Waals surface area contributed by atoms with Crippen LogP contribution in [0.1, 0.15) is 73.4 Å². The summed E-state index contributed by atoms with van der Waals surface area (Å²) in [5, 5.41) is 2.65. The number of halogens is 3. The number of esters is 1. The normalized spacial score (nSPS) is 13.8. The van der Waals surface area contributed by atoms with Crippen molar-refractivity contribution in [1.29, 1.82) is 0 Å². The average Bonchev–Trinajstić information content (AvgIpc) is 3.57. The van der Waals surface area contributed by atoms with Gasteiger partial charge in [0.1, 0.15) is 11.4 Å². The van der Waals surface area contributed by atoms with Crippen molar-refractivity contribution in [3.8, 4) is 16.9 Å². The van der Waals surface area contributed by atoms with Crippen molar-refractivity contribution >= 4 is 29.0 Å². The predicted octanol–water partition coefficient (Wildman–Crippen LogP) is 7.68. The number of amides is 1. The van der Waals surface area contributed by atoms with Gasteiger partial charge in [0.2, 0.25) is 0 Å². The number of rotatable bonds is 10. The quantitative estimate of drug-likeness (QED) is 0.101. The molecule has 0 N–H and O–H groups in total. The van der Waals surface area contributed by atoms with Gasteiger partial charge in [-0.1, -0.05) is 30.3 Å². The number of nitrogens with zero attached hydrogens (tertiary/aromatic N) is 2. The van der Waals surface area contributed by atoms with E-state index in [4.69, 9.17) is 4.74 Å². The van der Waals surface area contributed by atoms with E-state index in [-0.39, 0.29) is 24.0 Å². The van der Waals surface area contributed by atoms with E-state index in [9.17, 15) is 27.6 Å².